The second kappa shape index (κ2) is 10.9. The molecule has 8 heteroatoms. The van der Waals surface area contributed by atoms with Gasteiger partial charge in [-0.3, -0.25) is 9.69 Å². The maximum atomic E-state index is 13.5. The van der Waals surface area contributed by atoms with E-state index in [1.165, 1.54) is 4.68 Å². The van der Waals surface area contributed by atoms with Crippen molar-refractivity contribution >= 4 is 5.69 Å². The second-order valence-corrected chi connectivity index (χ2v) is 8.32. The highest BCUT2D eigenvalue weighted by Crippen LogP contribution is 2.26. The van der Waals surface area contributed by atoms with Crippen molar-refractivity contribution in [2.24, 2.45) is 0 Å². The zero-order chi connectivity index (χ0) is 23.9. The van der Waals surface area contributed by atoms with E-state index < -0.39 is 0 Å². The summed E-state index contributed by atoms with van der Waals surface area (Å²) in [6.07, 6.45) is 5.21. The number of aromatic nitrogens is 2. The van der Waals surface area contributed by atoms with Gasteiger partial charge in [-0.15, -0.1) is 0 Å². The Bertz CT molecular complexity index is 1250. The van der Waals surface area contributed by atoms with Gasteiger partial charge < -0.3 is 18.8 Å². The van der Waals surface area contributed by atoms with Crippen LogP contribution in [0.5, 0.6) is 11.5 Å². The van der Waals surface area contributed by atoms with Crippen molar-refractivity contribution in [3.8, 4) is 17.2 Å². The highest BCUT2D eigenvalue weighted by molar-refractivity contribution is 5.57. The Balaban J connectivity index is 1.32. The van der Waals surface area contributed by atoms with Crippen molar-refractivity contribution in [3.63, 3.8) is 0 Å². The standard InChI is InChI=1S/C27H28N4O4/c32-27-26(35-18-17-34-24-9-5-2-6-10-24)25(19-28-31(27)23-7-3-1-4-8-23)30-14-12-29(13-15-30)20-22-11-16-33-21-22/h1-11,16,19,21H,12-15,17-18,20H2. The van der Waals surface area contributed by atoms with Gasteiger partial charge in [-0.2, -0.15) is 9.78 Å². The van der Waals surface area contributed by atoms with E-state index >= 15 is 0 Å². The molecule has 8 nitrogen and oxygen atoms in total. The number of para-hydroxylation sites is 2. The predicted molar refractivity (Wildman–Crippen MR) is 133 cm³/mol. The van der Waals surface area contributed by atoms with Crippen LogP contribution in [-0.4, -0.2) is 54.1 Å². The van der Waals surface area contributed by atoms with Gasteiger partial charge in [0.25, 0.3) is 0 Å². The van der Waals surface area contributed by atoms with E-state index in [1.54, 1.807) is 18.7 Å². The van der Waals surface area contributed by atoms with Crippen molar-refractivity contribution in [2.45, 2.75) is 6.54 Å². The van der Waals surface area contributed by atoms with E-state index in [0.717, 1.165) is 44.0 Å². The normalized spacial score (nSPS) is 14.1. The molecule has 0 N–H and O–H groups in total. The summed E-state index contributed by atoms with van der Waals surface area (Å²) >= 11 is 0. The fourth-order valence-corrected chi connectivity index (χ4v) is 4.15. The monoisotopic (exact) mass is 472 g/mol. The molecule has 180 valence electrons. The molecule has 0 radical (unpaired) electrons. The minimum absolute atomic E-state index is 0.246. The van der Waals surface area contributed by atoms with Crippen LogP contribution in [-0.2, 0) is 6.54 Å². The number of ether oxygens (including phenoxy) is 2. The van der Waals surface area contributed by atoms with Crippen molar-refractivity contribution in [1.82, 2.24) is 14.7 Å². The van der Waals surface area contributed by atoms with E-state index in [9.17, 15) is 4.79 Å². The number of rotatable bonds is 9. The zero-order valence-corrected chi connectivity index (χ0v) is 19.5. The lowest BCUT2D eigenvalue weighted by atomic mass is 10.2. The van der Waals surface area contributed by atoms with Gasteiger partial charge in [-0.05, 0) is 30.3 Å². The van der Waals surface area contributed by atoms with Gasteiger partial charge in [0.2, 0.25) is 5.75 Å². The fraction of sp³-hybridized carbons (Fsp3) is 0.259. The summed E-state index contributed by atoms with van der Waals surface area (Å²) in [5, 5.41) is 4.47. The lowest BCUT2D eigenvalue weighted by Crippen LogP contribution is -2.46. The Hall–Kier alpha value is -4.04. The first-order valence-corrected chi connectivity index (χ1v) is 11.7. The largest absolute Gasteiger partial charge is 0.490 e. The third kappa shape index (κ3) is 5.55. The number of hydrogen-bond acceptors (Lipinski definition) is 7. The Morgan fingerprint density at radius 1 is 0.857 bits per heavy atom. The first-order valence-electron chi connectivity index (χ1n) is 11.7. The maximum absolute atomic E-state index is 13.5. The van der Waals surface area contributed by atoms with Crippen molar-refractivity contribution in [3.05, 3.63) is 101 Å². The molecule has 3 heterocycles. The summed E-state index contributed by atoms with van der Waals surface area (Å²) in [6.45, 7) is 4.69. The van der Waals surface area contributed by atoms with Crippen LogP contribution in [0.2, 0.25) is 0 Å². The smallest absolute Gasteiger partial charge is 0.316 e. The molecule has 1 fully saturated rings. The molecule has 2 aromatic carbocycles. The molecule has 5 rings (SSSR count). The minimum Gasteiger partial charge on any atom is -0.490 e. The van der Waals surface area contributed by atoms with Gasteiger partial charge in [0.05, 0.1) is 24.4 Å². The summed E-state index contributed by atoms with van der Waals surface area (Å²) in [4.78, 5) is 18.0. The van der Waals surface area contributed by atoms with Gasteiger partial charge in [0.15, 0.2) is 0 Å². The molecule has 0 spiro atoms. The van der Waals surface area contributed by atoms with Crippen LogP contribution in [0.15, 0.2) is 94.7 Å². The summed E-state index contributed by atoms with van der Waals surface area (Å²) in [5.41, 5.74) is 2.28. The van der Waals surface area contributed by atoms with Crippen LogP contribution in [0.1, 0.15) is 5.56 Å². The molecule has 0 atom stereocenters. The van der Waals surface area contributed by atoms with Crippen LogP contribution >= 0.6 is 0 Å². The number of benzene rings is 2. The average Bonchev–Trinajstić information content (AvgIpc) is 3.42. The average molecular weight is 473 g/mol. The lowest BCUT2D eigenvalue weighted by molar-refractivity contribution is 0.213. The van der Waals surface area contributed by atoms with Crippen molar-refractivity contribution in [1.29, 1.82) is 0 Å². The van der Waals surface area contributed by atoms with Gasteiger partial charge in [0.1, 0.15) is 24.7 Å². The fourth-order valence-electron chi connectivity index (χ4n) is 4.15. The number of nitrogens with zero attached hydrogens (tertiary/aromatic N) is 4. The highest BCUT2D eigenvalue weighted by Gasteiger charge is 2.23. The third-order valence-electron chi connectivity index (χ3n) is 5.96. The van der Waals surface area contributed by atoms with E-state index in [2.05, 4.69) is 14.9 Å². The van der Waals surface area contributed by atoms with Gasteiger partial charge in [-0.25, -0.2) is 0 Å². The first kappa shape index (κ1) is 22.7. The maximum Gasteiger partial charge on any atom is 0.316 e. The summed E-state index contributed by atoms with van der Waals surface area (Å²) in [6, 6.07) is 20.9. The zero-order valence-electron chi connectivity index (χ0n) is 19.5. The highest BCUT2D eigenvalue weighted by atomic mass is 16.5. The molecule has 2 aromatic heterocycles. The minimum atomic E-state index is -0.283. The molecule has 0 aliphatic carbocycles. The molecule has 4 aromatic rings. The second-order valence-electron chi connectivity index (χ2n) is 8.32. The van der Waals surface area contributed by atoms with Crippen LogP contribution in [0, 0.1) is 0 Å². The van der Waals surface area contributed by atoms with Gasteiger partial charge in [-0.1, -0.05) is 36.4 Å². The summed E-state index contributed by atoms with van der Waals surface area (Å²) in [7, 11) is 0. The Morgan fingerprint density at radius 3 is 2.29 bits per heavy atom. The molecule has 0 unspecified atom stereocenters. The number of hydrogen-bond donors (Lipinski definition) is 0. The molecule has 35 heavy (non-hydrogen) atoms. The molecule has 0 amide bonds. The van der Waals surface area contributed by atoms with Crippen LogP contribution < -0.4 is 19.9 Å². The van der Waals surface area contributed by atoms with E-state index in [-0.39, 0.29) is 12.2 Å². The molecule has 0 saturated carbocycles. The summed E-state index contributed by atoms with van der Waals surface area (Å²) < 4.78 is 18.4. The van der Waals surface area contributed by atoms with Crippen LogP contribution in [0.3, 0.4) is 0 Å². The van der Waals surface area contributed by atoms with Crippen molar-refractivity contribution < 1.29 is 13.9 Å². The molecule has 0 bridgehead atoms. The lowest BCUT2D eigenvalue weighted by Gasteiger charge is -2.36. The van der Waals surface area contributed by atoms with Crippen LogP contribution in [0.4, 0.5) is 5.69 Å². The molecular formula is C27H28N4O4. The predicted octanol–water partition coefficient (Wildman–Crippen LogP) is 3.61. The SMILES string of the molecule is O=c1c(OCCOc2ccccc2)c(N2CCN(Cc3ccoc3)CC2)cnn1-c1ccccc1. The first-order chi connectivity index (χ1) is 17.3. The van der Waals surface area contributed by atoms with Gasteiger partial charge in [0, 0.05) is 38.3 Å². The quantitative estimate of drug-likeness (QED) is 0.345. The molecular weight excluding hydrogens is 444 g/mol. The van der Waals surface area contributed by atoms with Gasteiger partial charge >= 0.3 is 5.56 Å². The van der Waals surface area contributed by atoms with Crippen molar-refractivity contribution in [2.75, 3.05) is 44.3 Å². The molecule has 1 aliphatic rings. The topological polar surface area (TPSA) is 73.0 Å². The number of anilines is 1. The number of piperazine rings is 1. The van der Waals surface area contributed by atoms with Crippen LogP contribution in [0.25, 0.3) is 5.69 Å². The Labute approximate surface area is 203 Å². The number of furan rings is 1. The van der Waals surface area contributed by atoms with E-state index in [0.29, 0.717) is 23.7 Å². The van der Waals surface area contributed by atoms with E-state index in [1.807, 2.05) is 66.7 Å². The molecule has 1 saturated heterocycles. The summed E-state index contributed by atoms with van der Waals surface area (Å²) in [5.74, 6) is 1.06. The van der Waals surface area contributed by atoms with E-state index in [4.69, 9.17) is 13.9 Å². The molecule has 1 aliphatic heterocycles. The third-order valence-corrected chi connectivity index (χ3v) is 5.96. The Kier molecular flexibility index (Phi) is 7.10. The Morgan fingerprint density at radius 2 is 1.57 bits per heavy atom.